The van der Waals surface area contributed by atoms with Crippen molar-refractivity contribution < 1.29 is 14.3 Å². The van der Waals surface area contributed by atoms with Gasteiger partial charge < -0.3 is 10.1 Å². The van der Waals surface area contributed by atoms with Crippen molar-refractivity contribution >= 4 is 11.9 Å². The molecule has 1 fully saturated rings. The van der Waals surface area contributed by atoms with Gasteiger partial charge in [-0.15, -0.1) is 0 Å². The number of amides is 3. The Hall–Kier alpha value is -3.36. The average Bonchev–Trinajstić information content (AvgIpc) is 2.88. The van der Waals surface area contributed by atoms with Crippen LogP contribution in [0.2, 0.25) is 0 Å². The first-order chi connectivity index (χ1) is 12.7. The number of rotatable bonds is 4. The van der Waals surface area contributed by atoms with E-state index in [1.54, 1.807) is 31.2 Å². The third-order valence-electron chi connectivity index (χ3n) is 4.89. The molecule has 27 heavy (non-hydrogen) atoms. The van der Waals surface area contributed by atoms with Crippen molar-refractivity contribution in [3.05, 3.63) is 62.4 Å². The van der Waals surface area contributed by atoms with Gasteiger partial charge in [0.15, 0.2) is 0 Å². The van der Waals surface area contributed by atoms with E-state index in [9.17, 15) is 19.2 Å². The van der Waals surface area contributed by atoms with Crippen LogP contribution in [0.15, 0.2) is 39.9 Å². The first-order valence-electron chi connectivity index (χ1n) is 8.23. The summed E-state index contributed by atoms with van der Waals surface area (Å²) in [7, 11) is 4.39. The maximum absolute atomic E-state index is 13.0. The van der Waals surface area contributed by atoms with Gasteiger partial charge in [-0.25, -0.2) is 9.59 Å². The SMILES string of the molecule is COc1ccc(C2(C)NC(=O)N(Cc3cc(=O)n(C)c(=O)n3C)C2=O)cc1. The van der Waals surface area contributed by atoms with Crippen LogP contribution in [0, 0.1) is 0 Å². The van der Waals surface area contributed by atoms with E-state index in [1.165, 1.54) is 31.8 Å². The maximum atomic E-state index is 13.0. The van der Waals surface area contributed by atoms with E-state index >= 15 is 0 Å². The van der Waals surface area contributed by atoms with E-state index in [-0.39, 0.29) is 12.2 Å². The van der Waals surface area contributed by atoms with E-state index in [4.69, 9.17) is 4.74 Å². The largest absolute Gasteiger partial charge is 0.497 e. The van der Waals surface area contributed by atoms with E-state index in [1.807, 2.05) is 0 Å². The average molecular weight is 372 g/mol. The summed E-state index contributed by atoms with van der Waals surface area (Å²) in [6, 6.07) is 7.46. The lowest BCUT2D eigenvalue weighted by atomic mass is 9.92. The van der Waals surface area contributed by atoms with Crippen molar-refractivity contribution in [2.24, 2.45) is 14.1 Å². The summed E-state index contributed by atoms with van der Waals surface area (Å²) in [6.07, 6.45) is 0. The highest BCUT2D eigenvalue weighted by Crippen LogP contribution is 2.30. The minimum Gasteiger partial charge on any atom is -0.497 e. The molecule has 1 aromatic carbocycles. The van der Waals surface area contributed by atoms with Crippen LogP contribution in [0.5, 0.6) is 5.75 Å². The minimum atomic E-state index is -1.25. The van der Waals surface area contributed by atoms with Crippen LogP contribution in [-0.4, -0.2) is 33.1 Å². The number of nitrogens with one attached hydrogen (secondary N) is 1. The zero-order chi connectivity index (χ0) is 19.9. The monoisotopic (exact) mass is 372 g/mol. The molecule has 1 atom stereocenters. The molecule has 1 aliphatic rings. The highest BCUT2D eigenvalue weighted by Gasteiger charge is 2.49. The molecular weight excluding hydrogens is 352 g/mol. The lowest BCUT2D eigenvalue weighted by Gasteiger charge is -2.22. The van der Waals surface area contributed by atoms with Crippen molar-refractivity contribution in [1.29, 1.82) is 0 Å². The summed E-state index contributed by atoms with van der Waals surface area (Å²) in [4.78, 5) is 50.4. The van der Waals surface area contributed by atoms with Gasteiger partial charge in [0, 0.05) is 25.9 Å². The second-order valence-corrected chi connectivity index (χ2v) is 6.55. The van der Waals surface area contributed by atoms with Gasteiger partial charge in [0.05, 0.1) is 13.7 Å². The molecular formula is C18H20N4O5. The van der Waals surface area contributed by atoms with Crippen LogP contribution in [-0.2, 0) is 31.0 Å². The van der Waals surface area contributed by atoms with Gasteiger partial charge in [0.25, 0.3) is 11.5 Å². The smallest absolute Gasteiger partial charge is 0.330 e. The highest BCUT2D eigenvalue weighted by atomic mass is 16.5. The Morgan fingerprint density at radius 3 is 2.26 bits per heavy atom. The number of nitrogens with zero attached hydrogens (tertiary/aromatic N) is 3. The fourth-order valence-corrected chi connectivity index (χ4v) is 3.05. The minimum absolute atomic E-state index is 0.182. The molecule has 1 saturated heterocycles. The van der Waals surface area contributed by atoms with Gasteiger partial charge in [0.2, 0.25) is 0 Å². The zero-order valence-electron chi connectivity index (χ0n) is 15.5. The van der Waals surface area contributed by atoms with Crippen LogP contribution < -0.4 is 21.3 Å². The van der Waals surface area contributed by atoms with Crippen molar-refractivity contribution in [2.45, 2.75) is 19.0 Å². The molecule has 3 rings (SSSR count). The molecule has 1 N–H and O–H groups in total. The highest BCUT2D eigenvalue weighted by molar-refractivity contribution is 6.07. The fraction of sp³-hybridized carbons (Fsp3) is 0.333. The van der Waals surface area contributed by atoms with E-state index in [0.29, 0.717) is 11.3 Å². The van der Waals surface area contributed by atoms with Gasteiger partial charge in [-0.1, -0.05) is 12.1 Å². The molecule has 9 heteroatoms. The molecule has 0 saturated carbocycles. The Morgan fingerprint density at radius 2 is 1.67 bits per heavy atom. The number of carbonyl (C=O) groups excluding carboxylic acids is 2. The molecule has 9 nitrogen and oxygen atoms in total. The summed E-state index contributed by atoms with van der Waals surface area (Å²) in [5.41, 5.74) is -1.41. The third kappa shape index (κ3) is 2.90. The first kappa shape index (κ1) is 18.4. The van der Waals surface area contributed by atoms with Crippen LogP contribution in [0.4, 0.5) is 4.79 Å². The van der Waals surface area contributed by atoms with Crippen LogP contribution in [0.1, 0.15) is 18.2 Å². The van der Waals surface area contributed by atoms with E-state index < -0.39 is 28.7 Å². The summed E-state index contributed by atoms with van der Waals surface area (Å²) in [5, 5.41) is 2.69. The standard InChI is InChI=1S/C18H20N4O5/c1-18(11-5-7-13(27-4)8-6-11)15(24)22(16(25)19-18)10-12-9-14(23)21(3)17(26)20(12)2/h5-9H,10H2,1-4H3,(H,19,25). The number of carbonyl (C=O) groups is 2. The van der Waals surface area contributed by atoms with Crippen LogP contribution in [0.3, 0.4) is 0 Å². The summed E-state index contributed by atoms with van der Waals surface area (Å²) >= 11 is 0. The maximum Gasteiger partial charge on any atom is 0.330 e. The fourth-order valence-electron chi connectivity index (χ4n) is 3.05. The Labute approximate surface area is 154 Å². The molecule has 1 unspecified atom stereocenters. The summed E-state index contributed by atoms with van der Waals surface area (Å²) in [5.74, 6) is 0.164. The van der Waals surface area contributed by atoms with E-state index in [0.717, 1.165) is 9.47 Å². The number of aromatic nitrogens is 2. The molecule has 0 spiro atoms. The second-order valence-electron chi connectivity index (χ2n) is 6.55. The number of hydrogen-bond donors (Lipinski definition) is 1. The van der Waals surface area contributed by atoms with E-state index in [2.05, 4.69) is 5.32 Å². The number of benzene rings is 1. The molecule has 2 heterocycles. The lowest BCUT2D eigenvalue weighted by Crippen LogP contribution is -2.42. The predicted molar refractivity (Wildman–Crippen MR) is 96.4 cm³/mol. The molecule has 1 aliphatic heterocycles. The number of imide groups is 1. The number of urea groups is 1. The molecule has 0 radical (unpaired) electrons. The molecule has 0 bridgehead atoms. The Morgan fingerprint density at radius 1 is 1.04 bits per heavy atom. The molecule has 142 valence electrons. The number of methoxy groups -OCH3 is 1. The lowest BCUT2D eigenvalue weighted by molar-refractivity contribution is -0.131. The molecule has 2 aromatic rings. The van der Waals surface area contributed by atoms with Crippen LogP contribution in [0.25, 0.3) is 0 Å². The summed E-state index contributed by atoms with van der Waals surface area (Å²) in [6.45, 7) is 1.43. The van der Waals surface area contributed by atoms with Gasteiger partial charge in [0.1, 0.15) is 11.3 Å². The number of ether oxygens (including phenoxy) is 1. The van der Waals surface area contributed by atoms with Crippen molar-refractivity contribution in [1.82, 2.24) is 19.4 Å². The van der Waals surface area contributed by atoms with Gasteiger partial charge in [-0.2, -0.15) is 0 Å². The third-order valence-corrected chi connectivity index (χ3v) is 4.89. The Bertz CT molecular complexity index is 1040. The number of hydrogen-bond acceptors (Lipinski definition) is 5. The van der Waals surface area contributed by atoms with Gasteiger partial charge >= 0.3 is 11.7 Å². The topological polar surface area (TPSA) is 103 Å². The van der Waals surface area contributed by atoms with Crippen LogP contribution >= 0.6 is 0 Å². The van der Waals surface area contributed by atoms with Crippen molar-refractivity contribution in [3.63, 3.8) is 0 Å². The molecule has 0 aliphatic carbocycles. The zero-order valence-corrected chi connectivity index (χ0v) is 15.5. The van der Waals surface area contributed by atoms with Crippen molar-refractivity contribution in [2.75, 3.05) is 7.11 Å². The van der Waals surface area contributed by atoms with Gasteiger partial charge in [-0.3, -0.25) is 23.6 Å². The normalized spacial score (nSPS) is 19.3. The Kier molecular flexibility index (Phi) is 4.38. The second kappa shape index (κ2) is 6.42. The first-order valence-corrected chi connectivity index (χ1v) is 8.23. The molecule has 3 amide bonds. The van der Waals surface area contributed by atoms with Gasteiger partial charge in [-0.05, 0) is 24.6 Å². The molecule has 1 aromatic heterocycles. The predicted octanol–water partition coefficient (Wildman–Crippen LogP) is 0.0598. The Balaban J connectivity index is 1.95. The van der Waals surface area contributed by atoms with Crippen molar-refractivity contribution in [3.8, 4) is 5.75 Å². The summed E-state index contributed by atoms with van der Waals surface area (Å²) < 4.78 is 7.31. The quantitative estimate of drug-likeness (QED) is 0.765.